The minimum absolute atomic E-state index is 0.0463. The molecule has 24 heavy (non-hydrogen) atoms. The molecule has 1 heterocycles. The molecular formula is C20H21FN2O. The number of benzene rings is 2. The van der Waals surface area contributed by atoms with Crippen molar-refractivity contribution in [2.75, 3.05) is 13.1 Å². The minimum Gasteiger partial charge on any atom is -0.341 e. The molecule has 1 saturated carbocycles. The highest BCUT2D eigenvalue weighted by atomic mass is 19.1. The molecule has 2 N–H and O–H groups in total. The Balaban J connectivity index is 1.57. The monoisotopic (exact) mass is 324 g/mol. The second-order valence-electron chi connectivity index (χ2n) is 6.88. The van der Waals surface area contributed by atoms with Gasteiger partial charge in [-0.15, -0.1) is 0 Å². The molecule has 124 valence electrons. The third-order valence-electron chi connectivity index (χ3n) is 5.14. The summed E-state index contributed by atoms with van der Waals surface area (Å²) in [6.07, 6.45) is 1.76. The number of likely N-dealkylation sites (tertiary alicyclic amines) is 1. The second kappa shape index (κ2) is 6.02. The zero-order valence-corrected chi connectivity index (χ0v) is 13.5. The predicted octanol–water partition coefficient (Wildman–Crippen LogP) is 3.16. The normalized spacial score (nSPS) is 25.8. The summed E-state index contributed by atoms with van der Waals surface area (Å²) in [5.41, 5.74) is 8.95. The van der Waals surface area contributed by atoms with Gasteiger partial charge < -0.3 is 10.6 Å². The number of rotatable bonds is 3. The zero-order chi connectivity index (χ0) is 16.7. The van der Waals surface area contributed by atoms with Gasteiger partial charge in [-0.25, -0.2) is 4.39 Å². The quantitative estimate of drug-likeness (QED) is 0.943. The highest BCUT2D eigenvalue weighted by Gasteiger charge is 2.47. The van der Waals surface area contributed by atoms with E-state index in [1.165, 1.54) is 6.07 Å². The summed E-state index contributed by atoms with van der Waals surface area (Å²) < 4.78 is 13.6. The van der Waals surface area contributed by atoms with Gasteiger partial charge in [0.1, 0.15) is 5.82 Å². The van der Waals surface area contributed by atoms with Crippen molar-refractivity contribution in [3.8, 4) is 11.1 Å². The van der Waals surface area contributed by atoms with Gasteiger partial charge in [0.25, 0.3) is 0 Å². The van der Waals surface area contributed by atoms with E-state index in [0.29, 0.717) is 6.54 Å². The van der Waals surface area contributed by atoms with E-state index >= 15 is 0 Å². The minimum atomic E-state index is -0.239. The van der Waals surface area contributed by atoms with Gasteiger partial charge in [0.2, 0.25) is 5.91 Å². The third-order valence-corrected chi connectivity index (χ3v) is 5.14. The first-order valence-corrected chi connectivity index (χ1v) is 8.52. The van der Waals surface area contributed by atoms with Crippen LogP contribution in [0.4, 0.5) is 4.39 Å². The van der Waals surface area contributed by atoms with Crippen LogP contribution in [-0.2, 0) is 4.79 Å². The van der Waals surface area contributed by atoms with Crippen LogP contribution in [0, 0.1) is 11.7 Å². The van der Waals surface area contributed by atoms with Gasteiger partial charge in [-0.1, -0.05) is 36.4 Å². The summed E-state index contributed by atoms with van der Waals surface area (Å²) in [5.74, 6) is 0.262. The Labute approximate surface area is 141 Å². The van der Waals surface area contributed by atoms with Gasteiger partial charge >= 0.3 is 0 Å². The number of hydrogen-bond donors (Lipinski definition) is 1. The van der Waals surface area contributed by atoms with Gasteiger partial charge in [0.05, 0.1) is 0 Å². The van der Waals surface area contributed by atoms with Gasteiger partial charge in [-0.2, -0.15) is 0 Å². The largest absolute Gasteiger partial charge is 0.341 e. The summed E-state index contributed by atoms with van der Waals surface area (Å²) in [7, 11) is 0. The summed E-state index contributed by atoms with van der Waals surface area (Å²) >= 11 is 0. The van der Waals surface area contributed by atoms with E-state index in [4.69, 9.17) is 5.73 Å². The Morgan fingerprint density at radius 3 is 2.75 bits per heavy atom. The van der Waals surface area contributed by atoms with Crippen LogP contribution >= 0.6 is 0 Å². The molecule has 4 rings (SSSR count). The first-order valence-electron chi connectivity index (χ1n) is 8.52. The average Bonchev–Trinajstić information content (AvgIpc) is 3.27. The number of hydrogen-bond acceptors (Lipinski definition) is 2. The first kappa shape index (κ1) is 15.3. The molecular weight excluding hydrogens is 303 g/mol. The molecule has 2 aromatic carbocycles. The van der Waals surface area contributed by atoms with Crippen LogP contribution in [0.5, 0.6) is 0 Å². The summed E-state index contributed by atoms with van der Waals surface area (Å²) in [6, 6.07) is 14.8. The van der Waals surface area contributed by atoms with Crippen LogP contribution in [0.3, 0.4) is 0 Å². The standard InChI is InChI=1S/C20H21FN2O/c21-14-5-3-4-13(10-14)16-6-1-2-7-17(16)18-11-19(18)20(24)23-9-8-15(22)12-23/h1-7,10,15,18-19H,8-9,11-12,22H2. The maximum absolute atomic E-state index is 13.6. The smallest absolute Gasteiger partial charge is 0.226 e. The van der Waals surface area contributed by atoms with Gasteiger partial charge in [0, 0.05) is 25.0 Å². The molecule has 0 bridgehead atoms. The number of halogens is 1. The SMILES string of the molecule is NC1CCN(C(=O)C2CC2c2ccccc2-c2cccc(F)c2)C1. The van der Waals surface area contributed by atoms with E-state index in [-0.39, 0.29) is 29.6 Å². The lowest BCUT2D eigenvalue weighted by atomic mass is 9.96. The number of carbonyl (C=O) groups is 1. The maximum Gasteiger partial charge on any atom is 0.226 e. The van der Waals surface area contributed by atoms with E-state index in [1.54, 1.807) is 12.1 Å². The molecule has 2 aliphatic rings. The van der Waals surface area contributed by atoms with Crippen LogP contribution in [0.1, 0.15) is 24.3 Å². The second-order valence-corrected chi connectivity index (χ2v) is 6.88. The molecule has 4 heteroatoms. The van der Waals surface area contributed by atoms with Gasteiger partial charge in [-0.3, -0.25) is 4.79 Å². The zero-order valence-electron chi connectivity index (χ0n) is 13.5. The van der Waals surface area contributed by atoms with Crippen molar-refractivity contribution in [1.82, 2.24) is 4.90 Å². The van der Waals surface area contributed by atoms with Crippen molar-refractivity contribution in [2.45, 2.75) is 24.8 Å². The van der Waals surface area contributed by atoms with Crippen molar-refractivity contribution in [2.24, 2.45) is 11.7 Å². The summed E-state index contributed by atoms with van der Waals surface area (Å²) in [5, 5.41) is 0. The fourth-order valence-electron chi connectivity index (χ4n) is 3.77. The van der Waals surface area contributed by atoms with Crippen LogP contribution in [0.2, 0.25) is 0 Å². The van der Waals surface area contributed by atoms with E-state index in [0.717, 1.165) is 36.1 Å². The highest BCUT2D eigenvalue weighted by Crippen LogP contribution is 2.51. The topological polar surface area (TPSA) is 46.3 Å². The number of amides is 1. The summed E-state index contributed by atoms with van der Waals surface area (Å²) in [6.45, 7) is 1.45. The molecule has 3 unspecified atom stereocenters. The molecule has 3 atom stereocenters. The molecule has 2 aromatic rings. The average molecular weight is 324 g/mol. The maximum atomic E-state index is 13.6. The van der Waals surface area contributed by atoms with Crippen LogP contribution in [-0.4, -0.2) is 29.9 Å². The van der Waals surface area contributed by atoms with E-state index in [2.05, 4.69) is 6.07 Å². The Kier molecular flexibility index (Phi) is 3.85. The number of nitrogens with two attached hydrogens (primary N) is 1. The lowest BCUT2D eigenvalue weighted by Gasteiger charge is -2.16. The Morgan fingerprint density at radius 2 is 2.00 bits per heavy atom. The van der Waals surface area contributed by atoms with Gasteiger partial charge in [0.15, 0.2) is 0 Å². The lowest BCUT2D eigenvalue weighted by Crippen LogP contribution is -2.33. The third kappa shape index (κ3) is 2.82. The van der Waals surface area contributed by atoms with Crippen molar-refractivity contribution in [3.63, 3.8) is 0 Å². The van der Waals surface area contributed by atoms with Crippen molar-refractivity contribution in [3.05, 3.63) is 59.9 Å². The van der Waals surface area contributed by atoms with Crippen molar-refractivity contribution in [1.29, 1.82) is 0 Å². The lowest BCUT2D eigenvalue weighted by molar-refractivity contribution is -0.131. The molecule has 0 aromatic heterocycles. The molecule has 3 nitrogen and oxygen atoms in total. The predicted molar refractivity (Wildman–Crippen MR) is 91.9 cm³/mol. The van der Waals surface area contributed by atoms with Crippen molar-refractivity contribution >= 4 is 5.91 Å². The summed E-state index contributed by atoms with van der Waals surface area (Å²) in [4.78, 5) is 14.6. The number of carbonyl (C=O) groups excluding carboxylic acids is 1. The van der Waals surface area contributed by atoms with E-state index < -0.39 is 0 Å². The molecule has 2 fully saturated rings. The molecule has 1 aliphatic heterocycles. The van der Waals surface area contributed by atoms with E-state index in [1.807, 2.05) is 29.2 Å². The molecule has 1 saturated heterocycles. The molecule has 0 radical (unpaired) electrons. The Morgan fingerprint density at radius 1 is 1.17 bits per heavy atom. The van der Waals surface area contributed by atoms with Crippen molar-refractivity contribution < 1.29 is 9.18 Å². The fourth-order valence-corrected chi connectivity index (χ4v) is 3.77. The van der Waals surface area contributed by atoms with E-state index in [9.17, 15) is 9.18 Å². The Bertz CT molecular complexity index is 776. The first-order chi connectivity index (χ1) is 11.6. The van der Waals surface area contributed by atoms with Gasteiger partial charge in [-0.05, 0) is 47.6 Å². The van der Waals surface area contributed by atoms with Crippen LogP contribution < -0.4 is 5.73 Å². The molecule has 1 amide bonds. The Hall–Kier alpha value is -2.20. The molecule has 0 spiro atoms. The number of nitrogens with zero attached hydrogens (tertiary/aromatic N) is 1. The highest BCUT2D eigenvalue weighted by molar-refractivity contribution is 5.84. The fraction of sp³-hybridized carbons (Fsp3) is 0.350. The van der Waals surface area contributed by atoms with Crippen LogP contribution in [0.15, 0.2) is 48.5 Å². The van der Waals surface area contributed by atoms with Crippen LogP contribution in [0.25, 0.3) is 11.1 Å². The molecule has 1 aliphatic carbocycles.